The fourth-order valence-electron chi connectivity index (χ4n) is 1.58. The molecule has 0 heterocycles. The minimum atomic E-state index is 0.491. The number of nitrogens with one attached hydrogen (secondary N) is 1. The Morgan fingerprint density at radius 3 is 2.68 bits per heavy atom. The van der Waals surface area contributed by atoms with Crippen LogP contribution < -0.4 is 14.8 Å². The second-order valence-electron chi connectivity index (χ2n) is 4.48. The minimum Gasteiger partial charge on any atom is -0.493 e. The van der Waals surface area contributed by atoms with E-state index in [0.29, 0.717) is 23.1 Å². The standard InChI is InChI=1S/C15H22ClNO2/c1-5-17-10-12-8-13(16)15(14(9-12)18-4)19-7-6-11(2)3/h6,8-9,17H,5,7,10H2,1-4H3. The lowest BCUT2D eigenvalue weighted by Gasteiger charge is -2.13. The monoisotopic (exact) mass is 283 g/mol. The largest absolute Gasteiger partial charge is 0.493 e. The predicted molar refractivity (Wildman–Crippen MR) is 80.3 cm³/mol. The second kappa shape index (κ2) is 8.08. The molecular weight excluding hydrogens is 262 g/mol. The molecule has 0 fully saturated rings. The number of hydrogen-bond donors (Lipinski definition) is 1. The number of methoxy groups -OCH3 is 1. The molecule has 0 radical (unpaired) electrons. The van der Waals surface area contributed by atoms with Gasteiger partial charge in [-0.25, -0.2) is 0 Å². The van der Waals surface area contributed by atoms with E-state index in [4.69, 9.17) is 21.1 Å². The summed E-state index contributed by atoms with van der Waals surface area (Å²) >= 11 is 6.25. The van der Waals surface area contributed by atoms with Crippen LogP contribution in [-0.4, -0.2) is 20.3 Å². The molecule has 3 nitrogen and oxygen atoms in total. The van der Waals surface area contributed by atoms with Gasteiger partial charge in [-0.15, -0.1) is 0 Å². The lowest BCUT2D eigenvalue weighted by atomic mass is 10.2. The van der Waals surface area contributed by atoms with Crippen LogP contribution in [0.1, 0.15) is 26.3 Å². The van der Waals surface area contributed by atoms with E-state index in [1.54, 1.807) is 7.11 Å². The average Bonchev–Trinajstić information content (AvgIpc) is 2.37. The van der Waals surface area contributed by atoms with Crippen LogP contribution >= 0.6 is 11.6 Å². The molecule has 4 heteroatoms. The SMILES string of the molecule is CCNCc1cc(Cl)c(OCC=C(C)C)c(OC)c1. The van der Waals surface area contributed by atoms with Gasteiger partial charge in [0.2, 0.25) is 0 Å². The van der Waals surface area contributed by atoms with E-state index in [9.17, 15) is 0 Å². The molecule has 0 aliphatic carbocycles. The predicted octanol–water partition coefficient (Wildman–Crippen LogP) is 3.80. The van der Waals surface area contributed by atoms with E-state index in [-0.39, 0.29) is 0 Å². The number of benzene rings is 1. The number of rotatable bonds is 7. The number of ether oxygens (including phenoxy) is 2. The van der Waals surface area contributed by atoms with Gasteiger partial charge in [-0.2, -0.15) is 0 Å². The van der Waals surface area contributed by atoms with Crippen molar-refractivity contribution in [2.24, 2.45) is 0 Å². The molecule has 106 valence electrons. The van der Waals surface area contributed by atoms with Crippen LogP contribution in [0.5, 0.6) is 11.5 Å². The van der Waals surface area contributed by atoms with Gasteiger partial charge in [-0.3, -0.25) is 0 Å². The van der Waals surface area contributed by atoms with Crippen LogP contribution in [0.15, 0.2) is 23.8 Å². The highest BCUT2D eigenvalue weighted by atomic mass is 35.5. The normalized spacial score (nSPS) is 10.2. The summed E-state index contributed by atoms with van der Waals surface area (Å²) in [6, 6.07) is 3.86. The van der Waals surface area contributed by atoms with E-state index in [1.807, 2.05) is 32.1 Å². The summed E-state index contributed by atoms with van der Waals surface area (Å²) in [4.78, 5) is 0. The molecule has 1 aromatic carbocycles. The number of hydrogen-bond acceptors (Lipinski definition) is 3. The molecule has 1 aromatic rings. The van der Waals surface area contributed by atoms with Gasteiger partial charge in [-0.05, 0) is 44.2 Å². The van der Waals surface area contributed by atoms with Gasteiger partial charge in [-0.1, -0.05) is 24.1 Å². The summed E-state index contributed by atoms with van der Waals surface area (Å²) in [5.41, 5.74) is 2.29. The molecule has 0 spiro atoms. The molecule has 0 aliphatic rings. The van der Waals surface area contributed by atoms with Gasteiger partial charge in [0, 0.05) is 6.54 Å². The molecule has 1 N–H and O–H groups in total. The third kappa shape index (κ3) is 5.13. The first-order valence-electron chi connectivity index (χ1n) is 6.41. The van der Waals surface area contributed by atoms with Crippen molar-refractivity contribution in [2.45, 2.75) is 27.3 Å². The molecule has 0 amide bonds. The maximum atomic E-state index is 6.25. The Morgan fingerprint density at radius 2 is 2.11 bits per heavy atom. The topological polar surface area (TPSA) is 30.5 Å². The van der Waals surface area contributed by atoms with E-state index >= 15 is 0 Å². The van der Waals surface area contributed by atoms with E-state index in [0.717, 1.165) is 18.7 Å². The van der Waals surface area contributed by atoms with Gasteiger partial charge in [0.15, 0.2) is 11.5 Å². The van der Waals surface area contributed by atoms with Crippen molar-refractivity contribution in [1.82, 2.24) is 5.32 Å². The highest BCUT2D eigenvalue weighted by Crippen LogP contribution is 2.36. The minimum absolute atomic E-state index is 0.491. The summed E-state index contributed by atoms with van der Waals surface area (Å²) in [7, 11) is 1.62. The summed E-state index contributed by atoms with van der Waals surface area (Å²) < 4.78 is 11.0. The van der Waals surface area contributed by atoms with Crippen molar-refractivity contribution >= 4 is 11.6 Å². The first kappa shape index (κ1) is 15.9. The molecule has 0 saturated carbocycles. The van der Waals surface area contributed by atoms with Crippen LogP contribution in [0.4, 0.5) is 0 Å². The van der Waals surface area contributed by atoms with E-state index in [2.05, 4.69) is 12.2 Å². The smallest absolute Gasteiger partial charge is 0.180 e. The fraction of sp³-hybridized carbons (Fsp3) is 0.467. The second-order valence-corrected chi connectivity index (χ2v) is 4.89. The summed E-state index contributed by atoms with van der Waals surface area (Å²) in [5.74, 6) is 1.27. The Hall–Kier alpha value is -1.19. The van der Waals surface area contributed by atoms with Crippen molar-refractivity contribution in [3.05, 3.63) is 34.4 Å². The van der Waals surface area contributed by atoms with Gasteiger partial charge >= 0.3 is 0 Å². The molecule has 0 atom stereocenters. The number of allylic oxidation sites excluding steroid dienone is 1. The Bertz CT molecular complexity index is 440. The zero-order valence-electron chi connectivity index (χ0n) is 12.0. The van der Waals surface area contributed by atoms with Crippen molar-refractivity contribution in [3.8, 4) is 11.5 Å². The molecule has 19 heavy (non-hydrogen) atoms. The Labute approximate surface area is 120 Å². The van der Waals surface area contributed by atoms with Crippen molar-refractivity contribution in [3.63, 3.8) is 0 Å². The zero-order valence-corrected chi connectivity index (χ0v) is 12.8. The maximum absolute atomic E-state index is 6.25. The third-order valence-corrected chi connectivity index (χ3v) is 2.87. The van der Waals surface area contributed by atoms with Crippen LogP contribution in [0.3, 0.4) is 0 Å². The Morgan fingerprint density at radius 1 is 1.37 bits per heavy atom. The highest BCUT2D eigenvalue weighted by molar-refractivity contribution is 6.32. The van der Waals surface area contributed by atoms with Crippen LogP contribution in [0, 0.1) is 0 Å². The van der Waals surface area contributed by atoms with Crippen molar-refractivity contribution in [1.29, 1.82) is 0 Å². The van der Waals surface area contributed by atoms with E-state index < -0.39 is 0 Å². The molecule has 0 saturated heterocycles. The first-order valence-corrected chi connectivity index (χ1v) is 6.79. The maximum Gasteiger partial charge on any atom is 0.180 e. The summed E-state index contributed by atoms with van der Waals surface area (Å²) in [6.07, 6.45) is 2.00. The average molecular weight is 284 g/mol. The highest BCUT2D eigenvalue weighted by Gasteiger charge is 2.11. The van der Waals surface area contributed by atoms with Crippen molar-refractivity contribution in [2.75, 3.05) is 20.3 Å². The Kier molecular flexibility index (Phi) is 6.74. The number of halogens is 1. The molecule has 0 bridgehead atoms. The Balaban J connectivity index is 2.88. The molecular formula is C15H22ClNO2. The molecule has 1 rings (SSSR count). The fourth-order valence-corrected chi connectivity index (χ4v) is 1.86. The lowest BCUT2D eigenvalue weighted by Crippen LogP contribution is -2.12. The van der Waals surface area contributed by atoms with Gasteiger partial charge in [0.25, 0.3) is 0 Å². The van der Waals surface area contributed by atoms with Gasteiger partial charge in [0.1, 0.15) is 6.61 Å². The van der Waals surface area contributed by atoms with Crippen LogP contribution in [-0.2, 0) is 6.54 Å². The van der Waals surface area contributed by atoms with Crippen LogP contribution in [0.25, 0.3) is 0 Å². The first-order chi connectivity index (χ1) is 9.08. The van der Waals surface area contributed by atoms with Gasteiger partial charge < -0.3 is 14.8 Å². The van der Waals surface area contributed by atoms with Crippen molar-refractivity contribution < 1.29 is 9.47 Å². The lowest BCUT2D eigenvalue weighted by molar-refractivity contribution is 0.325. The van der Waals surface area contributed by atoms with Gasteiger partial charge in [0.05, 0.1) is 12.1 Å². The van der Waals surface area contributed by atoms with E-state index in [1.165, 1.54) is 5.57 Å². The quantitative estimate of drug-likeness (QED) is 0.772. The summed E-state index contributed by atoms with van der Waals surface area (Å²) in [6.45, 7) is 8.30. The zero-order chi connectivity index (χ0) is 14.3. The molecule has 0 aromatic heterocycles. The third-order valence-electron chi connectivity index (χ3n) is 2.59. The molecule has 0 aliphatic heterocycles. The molecule has 0 unspecified atom stereocenters. The summed E-state index contributed by atoms with van der Waals surface area (Å²) in [5, 5.41) is 3.83. The van der Waals surface area contributed by atoms with Crippen LogP contribution in [0.2, 0.25) is 5.02 Å².